The molecule has 0 spiro atoms. The number of hydrogen-bond acceptors (Lipinski definition) is 4. The fraction of sp³-hybridized carbons (Fsp3) is 0.353. The lowest BCUT2D eigenvalue weighted by atomic mass is 10.2. The second-order valence-electron chi connectivity index (χ2n) is 5.43. The minimum atomic E-state index is -0.730. The van der Waals surface area contributed by atoms with Crippen LogP contribution in [0, 0.1) is 0 Å². The Morgan fingerprint density at radius 1 is 1.30 bits per heavy atom. The molecule has 23 heavy (non-hydrogen) atoms. The summed E-state index contributed by atoms with van der Waals surface area (Å²) in [7, 11) is 0. The van der Waals surface area contributed by atoms with Crippen LogP contribution >= 0.6 is 0 Å². The van der Waals surface area contributed by atoms with Gasteiger partial charge in [-0.05, 0) is 25.5 Å². The zero-order chi connectivity index (χ0) is 16.8. The normalized spacial score (nSPS) is 11.9. The van der Waals surface area contributed by atoms with Gasteiger partial charge in [0.15, 0.2) is 12.0 Å². The molecule has 0 fully saturated rings. The fourth-order valence-electron chi connectivity index (χ4n) is 2.34. The number of carbonyl (C=O) groups is 2. The van der Waals surface area contributed by atoms with Gasteiger partial charge in [-0.1, -0.05) is 25.5 Å². The van der Waals surface area contributed by atoms with E-state index < -0.39 is 5.97 Å². The quantitative estimate of drug-likeness (QED) is 0.798. The molecule has 2 N–H and O–H groups in total. The number of fused-ring (bicyclic) bond motifs is 1. The Kier molecular flexibility index (Phi) is 5.51. The van der Waals surface area contributed by atoms with Crippen LogP contribution in [0.2, 0.25) is 0 Å². The number of para-hydroxylation sites is 1. The summed E-state index contributed by atoms with van der Waals surface area (Å²) in [6.07, 6.45) is 1.82. The molecule has 1 amide bonds. The summed E-state index contributed by atoms with van der Waals surface area (Å²) in [6.45, 7) is 3.55. The number of aromatic nitrogens is 1. The molecule has 0 aliphatic heterocycles. The van der Waals surface area contributed by atoms with Crippen molar-refractivity contribution in [2.45, 2.75) is 32.7 Å². The van der Waals surface area contributed by atoms with Gasteiger partial charge in [-0.15, -0.1) is 0 Å². The topological polar surface area (TPSA) is 88.3 Å². The van der Waals surface area contributed by atoms with Crippen LogP contribution in [0.3, 0.4) is 0 Å². The number of hydrogen-bond donors (Lipinski definition) is 2. The van der Waals surface area contributed by atoms with Crippen LogP contribution in [0.4, 0.5) is 0 Å². The maximum Gasteiger partial charge on any atom is 0.355 e. The monoisotopic (exact) mass is 316 g/mol. The van der Waals surface area contributed by atoms with Crippen molar-refractivity contribution in [1.29, 1.82) is 0 Å². The largest absolute Gasteiger partial charge is 0.451 e. The van der Waals surface area contributed by atoms with Gasteiger partial charge in [0.05, 0.1) is 0 Å². The molecule has 6 heteroatoms. The van der Waals surface area contributed by atoms with Crippen molar-refractivity contribution in [2.24, 2.45) is 0 Å². The number of amides is 1. The minimum Gasteiger partial charge on any atom is -0.451 e. The molecule has 1 aromatic heterocycles. The third-order valence-electron chi connectivity index (χ3n) is 3.42. The van der Waals surface area contributed by atoms with Gasteiger partial charge in [0, 0.05) is 23.0 Å². The molecule has 0 aliphatic carbocycles. The van der Waals surface area contributed by atoms with Crippen LogP contribution < -0.4 is 10.7 Å². The van der Waals surface area contributed by atoms with Crippen LogP contribution in [0.25, 0.3) is 10.9 Å². The van der Waals surface area contributed by atoms with Gasteiger partial charge in [0.25, 0.3) is 5.91 Å². The van der Waals surface area contributed by atoms with Gasteiger partial charge in [-0.25, -0.2) is 4.79 Å². The molecular weight excluding hydrogens is 296 g/mol. The van der Waals surface area contributed by atoms with E-state index in [0.29, 0.717) is 10.9 Å². The lowest BCUT2D eigenvalue weighted by Gasteiger charge is -2.12. The predicted octanol–water partition coefficient (Wildman–Crippen LogP) is 1.99. The van der Waals surface area contributed by atoms with Crippen molar-refractivity contribution < 1.29 is 14.3 Å². The number of benzene rings is 1. The zero-order valence-corrected chi connectivity index (χ0v) is 13.2. The summed E-state index contributed by atoms with van der Waals surface area (Å²) >= 11 is 0. The van der Waals surface area contributed by atoms with Crippen molar-refractivity contribution in [3.63, 3.8) is 0 Å². The molecule has 2 aromatic rings. The summed E-state index contributed by atoms with van der Waals surface area (Å²) in [5.41, 5.74) is 0.309. The number of rotatable bonds is 6. The van der Waals surface area contributed by atoms with E-state index in [1.54, 1.807) is 24.3 Å². The summed E-state index contributed by atoms with van der Waals surface area (Å²) in [4.78, 5) is 38.5. The molecule has 0 aliphatic rings. The SMILES string of the molecule is CCC[C@H](C)NC(=O)COC(=O)c1cc(=O)c2ccccc2[nH]1. The number of esters is 1. The second-order valence-corrected chi connectivity index (χ2v) is 5.43. The van der Waals surface area contributed by atoms with E-state index in [0.717, 1.165) is 12.8 Å². The van der Waals surface area contributed by atoms with Gasteiger partial charge in [-0.3, -0.25) is 9.59 Å². The highest BCUT2D eigenvalue weighted by atomic mass is 16.5. The molecule has 0 saturated carbocycles. The van der Waals surface area contributed by atoms with Crippen molar-refractivity contribution in [3.05, 3.63) is 46.2 Å². The number of nitrogens with one attached hydrogen (secondary N) is 2. The Bertz CT molecular complexity index is 767. The maximum atomic E-state index is 12.0. The summed E-state index contributed by atoms with van der Waals surface area (Å²) < 4.78 is 4.95. The van der Waals surface area contributed by atoms with Gasteiger partial charge in [0.2, 0.25) is 0 Å². The summed E-state index contributed by atoms with van der Waals surface area (Å²) in [5.74, 6) is -1.09. The van der Waals surface area contributed by atoms with Gasteiger partial charge in [0.1, 0.15) is 5.69 Å². The Labute approximate surface area is 133 Å². The third kappa shape index (κ3) is 4.42. The predicted molar refractivity (Wildman–Crippen MR) is 87.4 cm³/mol. The molecule has 2 rings (SSSR count). The van der Waals surface area contributed by atoms with Gasteiger partial charge < -0.3 is 15.0 Å². The van der Waals surface area contributed by atoms with Crippen LogP contribution in [-0.4, -0.2) is 29.5 Å². The highest BCUT2D eigenvalue weighted by Crippen LogP contribution is 2.08. The Morgan fingerprint density at radius 3 is 2.78 bits per heavy atom. The molecule has 0 saturated heterocycles. The average molecular weight is 316 g/mol. The molecule has 1 heterocycles. The minimum absolute atomic E-state index is 0.0307. The Morgan fingerprint density at radius 2 is 2.04 bits per heavy atom. The number of aromatic amines is 1. The third-order valence-corrected chi connectivity index (χ3v) is 3.42. The molecule has 1 atom stereocenters. The van der Waals surface area contributed by atoms with Crippen LogP contribution in [0.5, 0.6) is 0 Å². The smallest absolute Gasteiger partial charge is 0.355 e. The fourth-order valence-corrected chi connectivity index (χ4v) is 2.34. The highest BCUT2D eigenvalue weighted by Gasteiger charge is 2.14. The Balaban J connectivity index is 2.01. The van der Waals surface area contributed by atoms with Crippen LogP contribution in [0.15, 0.2) is 35.1 Å². The molecule has 122 valence electrons. The van der Waals surface area contributed by atoms with Crippen LogP contribution in [-0.2, 0) is 9.53 Å². The highest BCUT2D eigenvalue weighted by molar-refractivity contribution is 5.92. The number of H-pyrrole nitrogens is 1. The number of carbonyl (C=O) groups excluding carboxylic acids is 2. The lowest BCUT2D eigenvalue weighted by Crippen LogP contribution is -2.35. The van der Waals surface area contributed by atoms with E-state index in [2.05, 4.69) is 10.3 Å². The second kappa shape index (κ2) is 7.58. The van der Waals surface area contributed by atoms with E-state index >= 15 is 0 Å². The van der Waals surface area contributed by atoms with Crippen molar-refractivity contribution in [3.8, 4) is 0 Å². The van der Waals surface area contributed by atoms with Gasteiger partial charge in [-0.2, -0.15) is 0 Å². The zero-order valence-electron chi connectivity index (χ0n) is 13.2. The first kappa shape index (κ1) is 16.7. The molecule has 0 unspecified atom stereocenters. The first-order valence-corrected chi connectivity index (χ1v) is 7.59. The molecular formula is C17H20N2O4. The van der Waals surface area contributed by atoms with Crippen molar-refractivity contribution >= 4 is 22.8 Å². The summed E-state index contributed by atoms with van der Waals surface area (Å²) in [5, 5.41) is 3.24. The average Bonchev–Trinajstić information content (AvgIpc) is 2.52. The van der Waals surface area contributed by atoms with Crippen molar-refractivity contribution in [1.82, 2.24) is 10.3 Å². The first-order valence-electron chi connectivity index (χ1n) is 7.59. The van der Waals surface area contributed by atoms with E-state index in [-0.39, 0.29) is 29.7 Å². The van der Waals surface area contributed by atoms with E-state index in [4.69, 9.17) is 4.74 Å². The van der Waals surface area contributed by atoms with Crippen molar-refractivity contribution in [2.75, 3.05) is 6.61 Å². The standard InChI is InChI=1S/C17H20N2O4/c1-3-6-11(2)18-16(21)10-23-17(22)14-9-15(20)12-7-4-5-8-13(12)19-14/h4-5,7-9,11H,3,6,10H2,1-2H3,(H,18,21)(H,19,20)/t11-/m0/s1. The number of pyridine rings is 1. The molecule has 0 bridgehead atoms. The van der Waals surface area contributed by atoms with E-state index in [1.807, 2.05) is 13.8 Å². The van der Waals surface area contributed by atoms with Crippen LogP contribution in [0.1, 0.15) is 37.2 Å². The Hall–Kier alpha value is -2.63. The van der Waals surface area contributed by atoms with Gasteiger partial charge >= 0.3 is 5.97 Å². The summed E-state index contributed by atoms with van der Waals surface area (Å²) in [6, 6.07) is 8.10. The number of ether oxygens (including phenoxy) is 1. The molecule has 0 radical (unpaired) electrons. The van der Waals surface area contributed by atoms with E-state index in [9.17, 15) is 14.4 Å². The lowest BCUT2D eigenvalue weighted by molar-refractivity contribution is -0.124. The molecule has 6 nitrogen and oxygen atoms in total. The first-order chi connectivity index (χ1) is 11.0. The maximum absolute atomic E-state index is 12.0. The molecule has 1 aromatic carbocycles. The van der Waals surface area contributed by atoms with E-state index in [1.165, 1.54) is 6.07 Å².